The number of anilines is 1. The van der Waals surface area contributed by atoms with Crippen LogP contribution < -0.4 is 21.9 Å². The molecule has 1 saturated heterocycles. The van der Waals surface area contributed by atoms with E-state index in [1.165, 1.54) is 9.13 Å². The standard InChI is InChI=1S/C25H27N7O2/c1-3-4-12-31-22(30-11-7-9-18(26)15-30)13-20-23(31)24(33)32(25(34)29(20)2)16-21-27-14-17-8-5-6-10-19(17)28-21/h5-6,8,10,13-14,18H,7,9,11-12,15-16,26H2,1-2H3/t18-/m1/s1. The van der Waals surface area contributed by atoms with Crippen LogP contribution in [0.5, 0.6) is 0 Å². The van der Waals surface area contributed by atoms with Crippen molar-refractivity contribution in [2.45, 2.75) is 38.9 Å². The predicted octanol–water partition coefficient (Wildman–Crippen LogP) is 1.44. The molecule has 5 rings (SSSR count). The normalized spacial score (nSPS) is 16.1. The van der Waals surface area contributed by atoms with Crippen molar-refractivity contribution in [1.82, 2.24) is 23.7 Å². The van der Waals surface area contributed by atoms with Crippen molar-refractivity contribution in [3.8, 4) is 11.8 Å². The molecule has 34 heavy (non-hydrogen) atoms. The Bertz CT molecular complexity index is 1570. The highest BCUT2D eigenvalue weighted by molar-refractivity contribution is 5.82. The molecule has 2 N–H and O–H groups in total. The molecule has 0 saturated carbocycles. The molecule has 3 aromatic heterocycles. The molecule has 1 aliphatic rings. The van der Waals surface area contributed by atoms with Gasteiger partial charge in [-0.05, 0) is 25.8 Å². The maximum atomic E-state index is 13.7. The molecule has 4 aromatic rings. The summed E-state index contributed by atoms with van der Waals surface area (Å²) in [6.45, 7) is 3.65. The number of fused-ring (bicyclic) bond motifs is 2. The van der Waals surface area contributed by atoms with Crippen molar-refractivity contribution in [3.63, 3.8) is 0 Å². The summed E-state index contributed by atoms with van der Waals surface area (Å²) in [5.74, 6) is 7.26. The first-order valence-electron chi connectivity index (χ1n) is 11.4. The second-order valence-electron chi connectivity index (χ2n) is 8.68. The third-order valence-electron chi connectivity index (χ3n) is 6.42. The Morgan fingerprint density at radius 1 is 1.21 bits per heavy atom. The highest BCUT2D eigenvalue weighted by Crippen LogP contribution is 2.26. The quantitative estimate of drug-likeness (QED) is 0.465. The first kappa shape index (κ1) is 21.9. The maximum Gasteiger partial charge on any atom is 0.331 e. The van der Waals surface area contributed by atoms with Crippen molar-refractivity contribution in [2.75, 3.05) is 18.0 Å². The summed E-state index contributed by atoms with van der Waals surface area (Å²) < 4.78 is 4.62. The fourth-order valence-electron chi connectivity index (χ4n) is 4.67. The van der Waals surface area contributed by atoms with Gasteiger partial charge >= 0.3 is 5.69 Å². The minimum absolute atomic E-state index is 0.0131. The van der Waals surface area contributed by atoms with Crippen LogP contribution in [0, 0.1) is 11.8 Å². The summed E-state index contributed by atoms with van der Waals surface area (Å²) in [6.07, 6.45) is 3.66. The van der Waals surface area contributed by atoms with E-state index in [-0.39, 0.29) is 18.1 Å². The topological polar surface area (TPSA) is 104 Å². The Morgan fingerprint density at radius 3 is 2.82 bits per heavy atom. The van der Waals surface area contributed by atoms with Gasteiger partial charge in [0.1, 0.15) is 17.2 Å². The molecule has 0 spiro atoms. The summed E-state index contributed by atoms with van der Waals surface area (Å²) >= 11 is 0. The zero-order chi connectivity index (χ0) is 23.8. The highest BCUT2D eigenvalue weighted by Gasteiger charge is 2.24. The number of hydrogen-bond acceptors (Lipinski definition) is 6. The molecule has 1 atom stereocenters. The van der Waals surface area contributed by atoms with Crippen LogP contribution in [0.15, 0.2) is 46.1 Å². The van der Waals surface area contributed by atoms with Crippen LogP contribution in [0.1, 0.15) is 25.6 Å². The average Bonchev–Trinajstić information content (AvgIpc) is 3.23. The molecule has 4 heterocycles. The van der Waals surface area contributed by atoms with Gasteiger partial charge in [0.2, 0.25) is 0 Å². The lowest BCUT2D eigenvalue weighted by Gasteiger charge is -2.32. The van der Waals surface area contributed by atoms with Crippen LogP contribution >= 0.6 is 0 Å². The molecule has 1 aliphatic heterocycles. The highest BCUT2D eigenvalue weighted by atomic mass is 16.2. The molecule has 0 aliphatic carbocycles. The van der Waals surface area contributed by atoms with Crippen molar-refractivity contribution in [2.24, 2.45) is 12.8 Å². The minimum atomic E-state index is -0.408. The van der Waals surface area contributed by atoms with Crippen molar-refractivity contribution >= 4 is 27.8 Å². The second-order valence-corrected chi connectivity index (χ2v) is 8.68. The Balaban J connectivity index is 1.68. The van der Waals surface area contributed by atoms with E-state index in [2.05, 4.69) is 26.7 Å². The summed E-state index contributed by atoms with van der Waals surface area (Å²) in [7, 11) is 1.68. The summed E-state index contributed by atoms with van der Waals surface area (Å²) in [5, 5.41) is 0.901. The third-order valence-corrected chi connectivity index (χ3v) is 6.42. The van der Waals surface area contributed by atoms with E-state index in [1.54, 1.807) is 20.2 Å². The maximum absolute atomic E-state index is 13.7. The Labute approximate surface area is 196 Å². The smallest absolute Gasteiger partial charge is 0.331 e. The van der Waals surface area contributed by atoms with Crippen LogP contribution in [0.2, 0.25) is 0 Å². The molecule has 1 fully saturated rings. The number of aromatic nitrogens is 5. The average molecular weight is 458 g/mol. The molecular formula is C25H27N7O2. The molecule has 0 radical (unpaired) electrons. The zero-order valence-corrected chi connectivity index (χ0v) is 19.4. The lowest BCUT2D eigenvalue weighted by molar-refractivity contribution is 0.499. The number of nitrogens with zero attached hydrogens (tertiary/aromatic N) is 6. The van der Waals surface area contributed by atoms with Gasteiger partial charge < -0.3 is 15.2 Å². The first-order valence-corrected chi connectivity index (χ1v) is 11.4. The molecule has 9 heteroatoms. The molecular weight excluding hydrogens is 430 g/mol. The first-order chi connectivity index (χ1) is 16.5. The van der Waals surface area contributed by atoms with Gasteiger partial charge in [0, 0.05) is 43.8 Å². The summed E-state index contributed by atoms with van der Waals surface area (Å²) in [5.41, 5.74) is 7.24. The third kappa shape index (κ3) is 3.76. The van der Waals surface area contributed by atoms with Gasteiger partial charge in [-0.2, -0.15) is 0 Å². The monoisotopic (exact) mass is 457 g/mol. The zero-order valence-electron chi connectivity index (χ0n) is 19.4. The molecule has 0 amide bonds. The number of rotatable bonds is 4. The van der Waals surface area contributed by atoms with Crippen LogP contribution in [0.4, 0.5) is 5.82 Å². The molecule has 0 bridgehead atoms. The minimum Gasteiger partial charge on any atom is -0.356 e. The number of aryl methyl sites for hydroxylation is 1. The number of para-hydroxylation sites is 1. The van der Waals surface area contributed by atoms with Crippen LogP contribution in [-0.4, -0.2) is 42.8 Å². The van der Waals surface area contributed by atoms with Crippen LogP contribution in [-0.2, 0) is 20.1 Å². The van der Waals surface area contributed by atoms with Crippen LogP contribution in [0.3, 0.4) is 0 Å². The van der Waals surface area contributed by atoms with E-state index >= 15 is 0 Å². The van der Waals surface area contributed by atoms with Gasteiger partial charge in [0.15, 0.2) is 0 Å². The van der Waals surface area contributed by atoms with Crippen molar-refractivity contribution in [3.05, 3.63) is 63.2 Å². The number of piperidine rings is 1. The Hall–Kier alpha value is -3.90. The molecule has 0 unspecified atom stereocenters. The summed E-state index contributed by atoms with van der Waals surface area (Å²) in [6, 6.07) is 9.60. The number of hydrogen-bond donors (Lipinski definition) is 1. The summed E-state index contributed by atoms with van der Waals surface area (Å²) in [4.78, 5) is 38.1. The van der Waals surface area contributed by atoms with Crippen LogP contribution in [0.25, 0.3) is 21.9 Å². The van der Waals surface area contributed by atoms with E-state index in [4.69, 9.17) is 5.73 Å². The fourth-order valence-corrected chi connectivity index (χ4v) is 4.67. The van der Waals surface area contributed by atoms with Gasteiger partial charge in [-0.1, -0.05) is 24.1 Å². The largest absolute Gasteiger partial charge is 0.356 e. The number of nitrogens with two attached hydrogens (primary N) is 1. The van der Waals surface area contributed by atoms with E-state index in [0.29, 0.717) is 29.9 Å². The van der Waals surface area contributed by atoms with E-state index in [0.717, 1.165) is 36.1 Å². The van der Waals surface area contributed by atoms with Gasteiger partial charge in [-0.3, -0.25) is 13.9 Å². The lowest BCUT2D eigenvalue weighted by Crippen LogP contribution is -2.43. The molecule has 9 nitrogen and oxygen atoms in total. The van der Waals surface area contributed by atoms with Gasteiger partial charge in [-0.15, -0.1) is 5.92 Å². The van der Waals surface area contributed by atoms with E-state index in [9.17, 15) is 9.59 Å². The van der Waals surface area contributed by atoms with Crippen molar-refractivity contribution in [1.29, 1.82) is 0 Å². The molecule has 174 valence electrons. The Kier molecular flexibility index (Phi) is 5.67. The van der Waals surface area contributed by atoms with E-state index in [1.807, 2.05) is 34.9 Å². The second kappa shape index (κ2) is 8.80. The van der Waals surface area contributed by atoms with Gasteiger partial charge in [0.25, 0.3) is 5.56 Å². The predicted molar refractivity (Wildman–Crippen MR) is 133 cm³/mol. The molecule has 1 aromatic carbocycles. The SMILES string of the molecule is CC#CCn1c(N2CCC[C@@H](N)C2)cc2c1c(=O)n(Cc1ncc3ccccc3n1)c(=O)n2C. The fraction of sp³-hybridized carbons (Fsp3) is 0.360. The lowest BCUT2D eigenvalue weighted by atomic mass is 10.1. The van der Waals surface area contributed by atoms with Gasteiger partial charge in [0.05, 0.1) is 24.1 Å². The number of benzene rings is 1. The van der Waals surface area contributed by atoms with Crippen molar-refractivity contribution < 1.29 is 0 Å². The Morgan fingerprint density at radius 2 is 2.03 bits per heavy atom. The van der Waals surface area contributed by atoms with E-state index < -0.39 is 5.69 Å². The van der Waals surface area contributed by atoms with Gasteiger partial charge in [-0.25, -0.2) is 14.8 Å².